The molecule has 0 spiro atoms. The van der Waals surface area contributed by atoms with E-state index in [0.717, 1.165) is 67.7 Å². The molecule has 0 bridgehead atoms. The van der Waals surface area contributed by atoms with Crippen LogP contribution in [0.3, 0.4) is 0 Å². The van der Waals surface area contributed by atoms with Gasteiger partial charge in [-0.05, 0) is 60.1 Å². The molecule has 160 valence electrons. The molecule has 0 saturated carbocycles. The van der Waals surface area contributed by atoms with Gasteiger partial charge in [-0.25, -0.2) is 4.98 Å². The van der Waals surface area contributed by atoms with Crippen LogP contribution in [0.15, 0.2) is 79.5 Å². The molecule has 0 atom stereocenters. The molecular formula is C26H21N7. The Morgan fingerprint density at radius 2 is 1.73 bits per heavy atom. The zero-order valence-electron chi connectivity index (χ0n) is 18.0. The maximum atomic E-state index is 4.62. The first-order valence-electron chi connectivity index (χ1n) is 10.8. The highest BCUT2D eigenvalue weighted by atomic mass is 15.2. The summed E-state index contributed by atoms with van der Waals surface area (Å²) >= 11 is 0. The number of fused-ring (bicyclic) bond motifs is 2. The second kappa shape index (κ2) is 7.96. The Labute approximate surface area is 190 Å². The lowest BCUT2D eigenvalue weighted by Gasteiger charge is -2.05. The number of rotatable bonds is 5. The summed E-state index contributed by atoms with van der Waals surface area (Å²) in [5.74, 6) is 0. The van der Waals surface area contributed by atoms with Gasteiger partial charge in [0, 0.05) is 64.9 Å². The van der Waals surface area contributed by atoms with E-state index in [4.69, 9.17) is 0 Å². The van der Waals surface area contributed by atoms with Crippen LogP contribution in [0.4, 0.5) is 0 Å². The summed E-state index contributed by atoms with van der Waals surface area (Å²) in [6.07, 6.45) is 9.23. The van der Waals surface area contributed by atoms with Crippen LogP contribution < -0.4 is 5.32 Å². The predicted octanol–water partition coefficient (Wildman–Crippen LogP) is 4.95. The van der Waals surface area contributed by atoms with Crippen LogP contribution in [-0.2, 0) is 6.54 Å². The summed E-state index contributed by atoms with van der Waals surface area (Å²) in [5, 5.41) is 12.9. The summed E-state index contributed by atoms with van der Waals surface area (Å²) in [5.41, 5.74) is 9.04. The van der Waals surface area contributed by atoms with Crippen LogP contribution in [0.5, 0.6) is 0 Å². The molecule has 5 heterocycles. The number of H-pyrrole nitrogens is 2. The predicted molar refractivity (Wildman–Crippen MR) is 130 cm³/mol. The Hall–Kier alpha value is -4.36. The highest BCUT2D eigenvalue weighted by Crippen LogP contribution is 2.34. The Kier molecular flexibility index (Phi) is 4.66. The molecule has 0 radical (unpaired) electrons. The normalized spacial score (nSPS) is 11.4. The highest BCUT2D eigenvalue weighted by Gasteiger charge is 2.15. The van der Waals surface area contributed by atoms with Crippen LogP contribution in [-0.4, -0.2) is 37.2 Å². The standard InChI is InChI=1S/C26H21N7/c1-27-12-16-9-18(14-29-13-16)19-10-22-25(32-33-26(22)30-15-19)24-11-21-20(3-2-4-23(21)31-24)17-5-7-28-8-6-17/h2-11,13-15,27,31H,12H2,1H3,(H,30,32,33). The van der Waals surface area contributed by atoms with E-state index in [1.54, 1.807) is 0 Å². The van der Waals surface area contributed by atoms with Crippen molar-refractivity contribution in [3.8, 4) is 33.6 Å². The highest BCUT2D eigenvalue weighted by molar-refractivity contribution is 6.01. The molecule has 0 fully saturated rings. The van der Waals surface area contributed by atoms with Crippen molar-refractivity contribution in [2.75, 3.05) is 7.05 Å². The average molecular weight is 432 g/mol. The lowest BCUT2D eigenvalue weighted by Crippen LogP contribution is -2.05. The topological polar surface area (TPSA) is 95.2 Å². The van der Waals surface area contributed by atoms with Gasteiger partial charge in [0.15, 0.2) is 5.65 Å². The first-order chi connectivity index (χ1) is 16.3. The molecule has 5 aromatic heterocycles. The Morgan fingerprint density at radius 1 is 0.848 bits per heavy atom. The van der Waals surface area contributed by atoms with Gasteiger partial charge in [-0.3, -0.25) is 15.1 Å². The molecule has 0 amide bonds. The molecular weight excluding hydrogens is 410 g/mol. The third kappa shape index (κ3) is 3.44. The van der Waals surface area contributed by atoms with Crippen molar-refractivity contribution in [3.05, 3.63) is 85.1 Å². The van der Waals surface area contributed by atoms with Gasteiger partial charge in [-0.15, -0.1) is 0 Å². The van der Waals surface area contributed by atoms with Gasteiger partial charge in [-0.2, -0.15) is 5.10 Å². The lowest BCUT2D eigenvalue weighted by atomic mass is 10.0. The van der Waals surface area contributed by atoms with E-state index >= 15 is 0 Å². The summed E-state index contributed by atoms with van der Waals surface area (Å²) in [6.45, 7) is 0.766. The minimum absolute atomic E-state index is 0.751. The van der Waals surface area contributed by atoms with E-state index in [1.807, 2.05) is 50.2 Å². The van der Waals surface area contributed by atoms with Gasteiger partial charge in [-0.1, -0.05) is 12.1 Å². The molecule has 0 saturated heterocycles. The molecule has 7 heteroatoms. The van der Waals surface area contributed by atoms with Crippen LogP contribution >= 0.6 is 0 Å². The molecule has 0 aliphatic rings. The fourth-order valence-electron chi connectivity index (χ4n) is 4.28. The number of hydrogen-bond donors (Lipinski definition) is 3. The fraction of sp³-hybridized carbons (Fsp3) is 0.0769. The lowest BCUT2D eigenvalue weighted by molar-refractivity contribution is 0.813. The second-order valence-electron chi connectivity index (χ2n) is 7.99. The Morgan fingerprint density at radius 3 is 2.61 bits per heavy atom. The molecule has 1 aromatic carbocycles. The molecule has 6 aromatic rings. The minimum Gasteiger partial charge on any atom is -0.353 e. The first kappa shape index (κ1) is 19.3. The van der Waals surface area contributed by atoms with Crippen molar-refractivity contribution in [1.82, 2.24) is 35.5 Å². The summed E-state index contributed by atoms with van der Waals surface area (Å²) in [7, 11) is 1.93. The van der Waals surface area contributed by atoms with Gasteiger partial charge in [0.2, 0.25) is 0 Å². The number of nitrogens with one attached hydrogen (secondary N) is 3. The van der Waals surface area contributed by atoms with Crippen molar-refractivity contribution in [1.29, 1.82) is 0 Å². The van der Waals surface area contributed by atoms with E-state index in [0.29, 0.717) is 0 Å². The van der Waals surface area contributed by atoms with Crippen LogP contribution in [0.1, 0.15) is 5.56 Å². The zero-order valence-corrected chi connectivity index (χ0v) is 18.0. The maximum absolute atomic E-state index is 4.62. The number of aromatic nitrogens is 6. The van der Waals surface area contributed by atoms with Crippen LogP contribution in [0.2, 0.25) is 0 Å². The van der Waals surface area contributed by atoms with Crippen molar-refractivity contribution in [3.63, 3.8) is 0 Å². The van der Waals surface area contributed by atoms with E-state index < -0.39 is 0 Å². The maximum Gasteiger partial charge on any atom is 0.155 e. The Bertz CT molecular complexity index is 1580. The van der Waals surface area contributed by atoms with Crippen molar-refractivity contribution < 1.29 is 0 Å². The van der Waals surface area contributed by atoms with E-state index in [2.05, 4.69) is 71.8 Å². The number of pyridine rings is 3. The smallest absolute Gasteiger partial charge is 0.155 e. The van der Waals surface area contributed by atoms with Gasteiger partial charge in [0.05, 0.1) is 5.69 Å². The number of aromatic amines is 2. The SMILES string of the molecule is CNCc1cncc(-c2cnc3[nH]nc(-c4cc5c(-c6ccncc6)cccc5[nH]4)c3c2)c1. The average Bonchev–Trinajstić information content (AvgIpc) is 3.48. The molecule has 7 nitrogen and oxygen atoms in total. The van der Waals surface area contributed by atoms with E-state index in [9.17, 15) is 0 Å². The summed E-state index contributed by atoms with van der Waals surface area (Å²) < 4.78 is 0. The van der Waals surface area contributed by atoms with Crippen LogP contribution in [0, 0.1) is 0 Å². The number of hydrogen-bond acceptors (Lipinski definition) is 5. The largest absolute Gasteiger partial charge is 0.353 e. The first-order valence-corrected chi connectivity index (χ1v) is 10.8. The molecule has 3 N–H and O–H groups in total. The number of nitrogens with zero attached hydrogens (tertiary/aromatic N) is 4. The van der Waals surface area contributed by atoms with Crippen molar-refractivity contribution >= 4 is 21.9 Å². The third-order valence-electron chi connectivity index (χ3n) is 5.84. The molecule has 33 heavy (non-hydrogen) atoms. The summed E-state index contributed by atoms with van der Waals surface area (Å²) in [4.78, 5) is 16.7. The minimum atomic E-state index is 0.751. The fourth-order valence-corrected chi connectivity index (χ4v) is 4.28. The zero-order chi connectivity index (χ0) is 22.2. The molecule has 0 aliphatic heterocycles. The van der Waals surface area contributed by atoms with Crippen LogP contribution in [0.25, 0.3) is 55.6 Å². The monoisotopic (exact) mass is 431 g/mol. The molecule has 0 aliphatic carbocycles. The Balaban J connectivity index is 1.47. The number of benzene rings is 1. The van der Waals surface area contributed by atoms with Crippen molar-refractivity contribution in [2.45, 2.75) is 6.54 Å². The van der Waals surface area contributed by atoms with E-state index in [-0.39, 0.29) is 0 Å². The van der Waals surface area contributed by atoms with Gasteiger partial charge in [0.1, 0.15) is 5.69 Å². The van der Waals surface area contributed by atoms with Gasteiger partial charge >= 0.3 is 0 Å². The van der Waals surface area contributed by atoms with Gasteiger partial charge < -0.3 is 10.3 Å². The quantitative estimate of drug-likeness (QED) is 0.359. The second-order valence-corrected chi connectivity index (χ2v) is 7.99. The molecule has 6 rings (SSSR count). The third-order valence-corrected chi connectivity index (χ3v) is 5.84. The summed E-state index contributed by atoms with van der Waals surface area (Å²) in [6, 6.07) is 16.7. The van der Waals surface area contributed by atoms with Crippen molar-refractivity contribution in [2.24, 2.45) is 0 Å². The van der Waals surface area contributed by atoms with Gasteiger partial charge in [0.25, 0.3) is 0 Å². The van der Waals surface area contributed by atoms with E-state index in [1.165, 1.54) is 0 Å². The molecule has 0 unspecified atom stereocenters.